The molecule has 0 aliphatic rings. The molecule has 0 amide bonds. The van der Waals surface area contributed by atoms with Gasteiger partial charge in [0.25, 0.3) is 0 Å². The number of rotatable bonds is 5. The summed E-state index contributed by atoms with van der Waals surface area (Å²) in [6, 6.07) is 1.94. The quantitative estimate of drug-likeness (QED) is 0.686. The van der Waals surface area contributed by atoms with Gasteiger partial charge in [-0.05, 0) is 24.5 Å². The van der Waals surface area contributed by atoms with Gasteiger partial charge in [-0.15, -0.1) is 0 Å². The normalized spacial score (nSPS) is 12.8. The van der Waals surface area contributed by atoms with Crippen LogP contribution < -0.4 is 5.73 Å². The van der Waals surface area contributed by atoms with Gasteiger partial charge in [-0.3, -0.25) is 0 Å². The molecule has 0 radical (unpaired) electrons. The van der Waals surface area contributed by atoms with Gasteiger partial charge in [0.1, 0.15) is 0 Å². The predicted molar refractivity (Wildman–Crippen MR) is 50.1 cm³/mol. The highest BCUT2D eigenvalue weighted by Crippen LogP contribution is 2.13. The summed E-state index contributed by atoms with van der Waals surface area (Å²) in [5.41, 5.74) is 6.95. The highest BCUT2D eigenvalue weighted by molar-refractivity contribution is 5.10. The lowest BCUT2D eigenvalue weighted by Gasteiger charge is -2.09. The van der Waals surface area contributed by atoms with Crippen LogP contribution in [0, 0.1) is 0 Å². The topological polar surface area (TPSA) is 61.0 Å². The number of aromatic nitrogens is 2. The summed E-state index contributed by atoms with van der Waals surface area (Å²) >= 11 is 0. The van der Waals surface area contributed by atoms with Crippen molar-refractivity contribution >= 4 is 0 Å². The molecule has 13 heavy (non-hydrogen) atoms. The van der Waals surface area contributed by atoms with E-state index in [1.165, 1.54) is 0 Å². The molecule has 0 fully saturated rings. The molecule has 1 aromatic heterocycles. The van der Waals surface area contributed by atoms with Crippen LogP contribution in [0.15, 0.2) is 18.5 Å². The summed E-state index contributed by atoms with van der Waals surface area (Å²) in [5.74, 6) is 0. The molecule has 4 nitrogen and oxygen atoms in total. The Labute approximate surface area is 78.1 Å². The van der Waals surface area contributed by atoms with Crippen LogP contribution in [0.3, 0.4) is 0 Å². The van der Waals surface area contributed by atoms with Crippen molar-refractivity contribution in [1.29, 1.82) is 0 Å². The van der Waals surface area contributed by atoms with Gasteiger partial charge < -0.3 is 10.5 Å². The van der Waals surface area contributed by atoms with Crippen LogP contribution in [0.5, 0.6) is 0 Å². The number of methoxy groups -OCH3 is 1. The van der Waals surface area contributed by atoms with E-state index in [-0.39, 0.29) is 6.04 Å². The molecular weight excluding hydrogens is 166 g/mol. The Bertz CT molecular complexity index is 228. The second kappa shape index (κ2) is 5.61. The van der Waals surface area contributed by atoms with Gasteiger partial charge in [0.15, 0.2) is 0 Å². The van der Waals surface area contributed by atoms with Crippen LogP contribution in [0.4, 0.5) is 0 Å². The molecule has 0 aliphatic heterocycles. The first kappa shape index (κ1) is 10.1. The van der Waals surface area contributed by atoms with Crippen molar-refractivity contribution < 1.29 is 4.74 Å². The Kier molecular flexibility index (Phi) is 4.35. The Hall–Kier alpha value is -1.00. The first-order valence-corrected chi connectivity index (χ1v) is 4.35. The van der Waals surface area contributed by atoms with Gasteiger partial charge in [0, 0.05) is 26.0 Å². The van der Waals surface area contributed by atoms with E-state index in [4.69, 9.17) is 10.5 Å². The van der Waals surface area contributed by atoms with E-state index in [0.717, 1.165) is 25.0 Å². The zero-order chi connectivity index (χ0) is 9.52. The van der Waals surface area contributed by atoms with Crippen molar-refractivity contribution in [1.82, 2.24) is 10.2 Å². The average Bonchev–Trinajstić information content (AvgIpc) is 2.19. The standard InChI is InChI=1S/C9H15N3O/c1-13-6-2-3-9(10)8-4-5-11-12-7-8/h4-5,7,9H,2-3,6,10H2,1H3. The van der Waals surface area contributed by atoms with Crippen LogP contribution >= 0.6 is 0 Å². The summed E-state index contributed by atoms with van der Waals surface area (Å²) in [5, 5.41) is 7.47. The zero-order valence-electron chi connectivity index (χ0n) is 7.81. The minimum absolute atomic E-state index is 0.0469. The molecule has 4 heteroatoms. The molecular formula is C9H15N3O. The minimum Gasteiger partial charge on any atom is -0.385 e. The Morgan fingerprint density at radius 1 is 1.54 bits per heavy atom. The number of nitrogens with two attached hydrogens (primary N) is 1. The van der Waals surface area contributed by atoms with Gasteiger partial charge in [0.05, 0.1) is 6.20 Å². The van der Waals surface area contributed by atoms with Crippen LogP contribution in [-0.4, -0.2) is 23.9 Å². The maximum Gasteiger partial charge on any atom is 0.0543 e. The first-order valence-electron chi connectivity index (χ1n) is 4.35. The Morgan fingerprint density at radius 3 is 3.00 bits per heavy atom. The third-order valence-electron chi connectivity index (χ3n) is 1.90. The van der Waals surface area contributed by atoms with Crippen molar-refractivity contribution in [3.63, 3.8) is 0 Å². The zero-order valence-corrected chi connectivity index (χ0v) is 7.81. The van der Waals surface area contributed by atoms with Crippen molar-refractivity contribution in [2.75, 3.05) is 13.7 Å². The van der Waals surface area contributed by atoms with E-state index in [2.05, 4.69) is 10.2 Å². The number of nitrogens with zero attached hydrogens (tertiary/aromatic N) is 2. The smallest absolute Gasteiger partial charge is 0.0543 e. The van der Waals surface area contributed by atoms with Crippen LogP contribution in [0.1, 0.15) is 24.4 Å². The molecule has 72 valence electrons. The Balaban J connectivity index is 2.35. The second-order valence-corrected chi connectivity index (χ2v) is 2.92. The van der Waals surface area contributed by atoms with Gasteiger partial charge in [-0.2, -0.15) is 10.2 Å². The lowest BCUT2D eigenvalue weighted by Crippen LogP contribution is -2.11. The lowest BCUT2D eigenvalue weighted by atomic mass is 10.1. The molecule has 0 saturated heterocycles. The molecule has 1 unspecified atom stereocenters. The molecule has 2 N–H and O–H groups in total. The summed E-state index contributed by atoms with van der Waals surface area (Å²) in [6.07, 6.45) is 5.25. The monoisotopic (exact) mass is 181 g/mol. The molecule has 0 spiro atoms. The van der Waals surface area contributed by atoms with E-state index >= 15 is 0 Å². The minimum atomic E-state index is 0.0469. The fraction of sp³-hybridized carbons (Fsp3) is 0.556. The number of hydrogen-bond acceptors (Lipinski definition) is 4. The van der Waals surface area contributed by atoms with Gasteiger partial charge in [0.2, 0.25) is 0 Å². The van der Waals surface area contributed by atoms with Gasteiger partial charge >= 0.3 is 0 Å². The van der Waals surface area contributed by atoms with Gasteiger partial charge in [-0.1, -0.05) is 0 Å². The van der Waals surface area contributed by atoms with Gasteiger partial charge in [-0.25, -0.2) is 0 Å². The fourth-order valence-electron chi connectivity index (χ4n) is 1.13. The van der Waals surface area contributed by atoms with E-state index in [0.29, 0.717) is 0 Å². The molecule has 1 atom stereocenters. The highest BCUT2D eigenvalue weighted by atomic mass is 16.5. The van der Waals surface area contributed by atoms with E-state index in [9.17, 15) is 0 Å². The van der Waals surface area contributed by atoms with Crippen LogP contribution in [0.2, 0.25) is 0 Å². The molecule has 1 heterocycles. The molecule has 1 rings (SSSR count). The molecule has 0 saturated carbocycles. The van der Waals surface area contributed by atoms with Crippen molar-refractivity contribution in [3.8, 4) is 0 Å². The lowest BCUT2D eigenvalue weighted by molar-refractivity contribution is 0.190. The van der Waals surface area contributed by atoms with Crippen LogP contribution in [-0.2, 0) is 4.74 Å². The average molecular weight is 181 g/mol. The largest absolute Gasteiger partial charge is 0.385 e. The maximum absolute atomic E-state index is 5.91. The first-order chi connectivity index (χ1) is 6.34. The second-order valence-electron chi connectivity index (χ2n) is 2.92. The summed E-state index contributed by atoms with van der Waals surface area (Å²) in [4.78, 5) is 0. The highest BCUT2D eigenvalue weighted by Gasteiger charge is 2.04. The van der Waals surface area contributed by atoms with E-state index in [1.807, 2.05) is 6.07 Å². The SMILES string of the molecule is COCCCC(N)c1ccnnc1. The predicted octanol–water partition coefficient (Wildman–Crippen LogP) is 0.903. The summed E-state index contributed by atoms with van der Waals surface area (Å²) in [7, 11) is 1.69. The summed E-state index contributed by atoms with van der Waals surface area (Å²) < 4.78 is 4.94. The number of hydrogen-bond donors (Lipinski definition) is 1. The molecule has 1 aromatic rings. The Morgan fingerprint density at radius 2 is 2.38 bits per heavy atom. The van der Waals surface area contributed by atoms with Crippen molar-refractivity contribution in [2.45, 2.75) is 18.9 Å². The summed E-state index contributed by atoms with van der Waals surface area (Å²) in [6.45, 7) is 0.756. The molecule has 0 bridgehead atoms. The fourth-order valence-corrected chi connectivity index (χ4v) is 1.13. The van der Waals surface area contributed by atoms with Crippen molar-refractivity contribution in [3.05, 3.63) is 24.0 Å². The van der Waals surface area contributed by atoms with Crippen LogP contribution in [0.25, 0.3) is 0 Å². The molecule has 0 aliphatic carbocycles. The number of ether oxygens (including phenoxy) is 1. The van der Waals surface area contributed by atoms with E-state index < -0.39 is 0 Å². The van der Waals surface area contributed by atoms with Crippen molar-refractivity contribution in [2.24, 2.45) is 5.73 Å². The van der Waals surface area contributed by atoms with E-state index in [1.54, 1.807) is 19.5 Å². The molecule has 0 aromatic carbocycles. The third-order valence-corrected chi connectivity index (χ3v) is 1.90. The maximum atomic E-state index is 5.91. The third kappa shape index (κ3) is 3.48.